The number of hydrogen-bond donors (Lipinski definition) is 1. The zero-order valence-corrected chi connectivity index (χ0v) is 13.6. The van der Waals surface area contributed by atoms with E-state index in [2.05, 4.69) is 16.6 Å². The molecule has 6 nitrogen and oxygen atoms in total. The molecule has 2 aromatic rings. The van der Waals surface area contributed by atoms with Gasteiger partial charge in [-0.15, -0.1) is 0 Å². The van der Waals surface area contributed by atoms with Crippen molar-refractivity contribution in [2.24, 2.45) is 0 Å². The molecule has 0 unspecified atom stereocenters. The van der Waals surface area contributed by atoms with E-state index in [0.29, 0.717) is 5.56 Å². The summed E-state index contributed by atoms with van der Waals surface area (Å²) in [5.41, 5.74) is 0.0241. The van der Waals surface area contributed by atoms with Gasteiger partial charge in [-0.3, -0.25) is 4.55 Å². The first-order valence-electron chi connectivity index (χ1n) is 6.63. The van der Waals surface area contributed by atoms with Crippen molar-refractivity contribution in [3.8, 4) is 23.7 Å². The van der Waals surface area contributed by atoms with E-state index in [-0.39, 0.29) is 35.1 Å². The van der Waals surface area contributed by atoms with E-state index in [1.807, 2.05) is 0 Å². The SMILES string of the molecule is N#CC#Cc1ccc(C(=O)Oc2c(F)c(F)c(S(=O)(=O)O)c(F)c2F)cc1.[NaH]. The third-order valence-corrected chi connectivity index (χ3v) is 3.89. The predicted octanol–water partition coefficient (Wildman–Crippen LogP) is 1.94. The van der Waals surface area contributed by atoms with E-state index in [1.165, 1.54) is 12.1 Å². The van der Waals surface area contributed by atoms with Gasteiger partial charge in [0.15, 0.2) is 22.6 Å². The molecule has 0 saturated heterocycles. The van der Waals surface area contributed by atoms with Gasteiger partial charge in [-0.05, 0) is 24.3 Å². The standard InChI is InChI=1S/C16H5F4NO5S.Na.H/c17-10-12(19)15(27(23,24)25)13(20)11(18)14(10)26-16(22)9-5-3-8(4-6-9)2-1-7-21;;/h3-6H,(H,23,24,25);;. The maximum absolute atomic E-state index is 13.8. The molecule has 0 aliphatic carbocycles. The minimum absolute atomic E-state index is 0. The van der Waals surface area contributed by atoms with Crippen LogP contribution in [0.5, 0.6) is 5.75 Å². The monoisotopic (exact) mass is 423 g/mol. The summed E-state index contributed by atoms with van der Waals surface area (Å²) in [5.74, 6) is -8.33. The summed E-state index contributed by atoms with van der Waals surface area (Å²) in [4.78, 5) is 9.64. The van der Waals surface area contributed by atoms with Crippen LogP contribution in [0.3, 0.4) is 0 Å². The average Bonchev–Trinajstić information content (AvgIpc) is 2.61. The first kappa shape index (κ1) is 23.6. The van der Waals surface area contributed by atoms with Crippen molar-refractivity contribution in [1.82, 2.24) is 0 Å². The second-order valence-corrected chi connectivity index (χ2v) is 6.08. The summed E-state index contributed by atoms with van der Waals surface area (Å²) in [5, 5.41) is 8.32. The third-order valence-electron chi connectivity index (χ3n) is 3.02. The van der Waals surface area contributed by atoms with Gasteiger partial charge in [-0.2, -0.15) is 22.5 Å². The summed E-state index contributed by atoms with van der Waals surface area (Å²) >= 11 is 0. The van der Waals surface area contributed by atoms with E-state index >= 15 is 0 Å². The summed E-state index contributed by atoms with van der Waals surface area (Å²) in [7, 11) is -5.63. The zero-order chi connectivity index (χ0) is 20.4. The number of carbonyl (C=O) groups is 1. The molecule has 12 heteroatoms. The van der Waals surface area contributed by atoms with Gasteiger partial charge in [0.05, 0.1) is 5.56 Å². The quantitative estimate of drug-likeness (QED) is 0.154. The van der Waals surface area contributed by atoms with Gasteiger partial charge in [0, 0.05) is 11.5 Å². The van der Waals surface area contributed by atoms with Gasteiger partial charge >= 0.3 is 45.6 Å². The fraction of sp³-hybridized carbons (Fsp3) is 0. The minimum atomic E-state index is -5.63. The number of halogens is 4. The van der Waals surface area contributed by atoms with Gasteiger partial charge in [0.25, 0.3) is 0 Å². The first-order valence-corrected chi connectivity index (χ1v) is 8.07. The van der Waals surface area contributed by atoms with Crippen LogP contribution in [0.4, 0.5) is 17.6 Å². The number of ether oxygens (including phenoxy) is 1. The molecule has 0 aromatic heterocycles. The second-order valence-electron chi connectivity index (χ2n) is 4.72. The number of rotatable bonds is 3. The molecule has 2 rings (SSSR count). The third kappa shape index (κ3) is 4.90. The van der Waals surface area contributed by atoms with Crippen LogP contribution in [0.25, 0.3) is 0 Å². The van der Waals surface area contributed by atoms with Crippen molar-refractivity contribution >= 4 is 45.6 Å². The molecule has 28 heavy (non-hydrogen) atoms. The van der Waals surface area contributed by atoms with Crippen LogP contribution >= 0.6 is 0 Å². The Morgan fingerprint density at radius 3 is 1.93 bits per heavy atom. The van der Waals surface area contributed by atoms with Gasteiger partial charge in [0.2, 0.25) is 17.4 Å². The number of benzene rings is 2. The Bertz CT molecular complexity index is 1120. The zero-order valence-electron chi connectivity index (χ0n) is 12.8. The van der Waals surface area contributed by atoms with E-state index in [4.69, 9.17) is 9.81 Å². The van der Waals surface area contributed by atoms with Crippen LogP contribution in [0.2, 0.25) is 0 Å². The Morgan fingerprint density at radius 1 is 1.00 bits per heavy atom. The number of nitriles is 1. The number of hydrogen-bond acceptors (Lipinski definition) is 5. The van der Waals surface area contributed by atoms with Crippen molar-refractivity contribution in [2.45, 2.75) is 4.90 Å². The van der Waals surface area contributed by atoms with Crippen molar-refractivity contribution < 1.29 is 40.1 Å². The Labute approximate surface area is 177 Å². The van der Waals surface area contributed by atoms with Crippen LogP contribution in [0.15, 0.2) is 29.2 Å². The summed E-state index contributed by atoms with van der Waals surface area (Å²) in [6, 6.07) is 6.27. The predicted molar refractivity (Wildman–Crippen MR) is 87.1 cm³/mol. The summed E-state index contributed by atoms with van der Waals surface area (Å²) in [6.45, 7) is 0. The fourth-order valence-electron chi connectivity index (χ4n) is 1.85. The van der Waals surface area contributed by atoms with Crippen LogP contribution < -0.4 is 4.74 Å². The molecule has 0 aliphatic heterocycles. The number of nitrogens with zero attached hydrogens (tertiary/aromatic N) is 1. The molecular weight excluding hydrogens is 417 g/mol. The van der Waals surface area contributed by atoms with Gasteiger partial charge in [0.1, 0.15) is 0 Å². The normalized spacial score (nSPS) is 10.1. The Morgan fingerprint density at radius 2 is 1.50 bits per heavy atom. The molecule has 0 fully saturated rings. The van der Waals surface area contributed by atoms with Crippen LogP contribution in [0, 0.1) is 46.4 Å². The molecule has 0 aliphatic rings. The molecule has 0 amide bonds. The first-order chi connectivity index (χ1) is 12.6. The van der Waals surface area contributed by atoms with Crippen molar-refractivity contribution in [3.05, 3.63) is 58.7 Å². The second kappa shape index (κ2) is 9.19. The fourth-order valence-corrected chi connectivity index (χ4v) is 2.48. The van der Waals surface area contributed by atoms with Crippen LogP contribution in [-0.4, -0.2) is 48.5 Å². The molecule has 0 saturated carbocycles. The molecule has 0 heterocycles. The molecule has 0 radical (unpaired) electrons. The maximum atomic E-state index is 13.8. The molecule has 2 aromatic carbocycles. The van der Waals surface area contributed by atoms with Crippen LogP contribution in [0.1, 0.15) is 15.9 Å². The molecule has 140 valence electrons. The van der Waals surface area contributed by atoms with Crippen LogP contribution in [-0.2, 0) is 10.1 Å². The Kier molecular flexibility index (Phi) is 7.75. The van der Waals surface area contributed by atoms with Crippen molar-refractivity contribution in [1.29, 1.82) is 5.26 Å². The molecule has 0 bridgehead atoms. The van der Waals surface area contributed by atoms with Crippen molar-refractivity contribution in [3.63, 3.8) is 0 Å². The van der Waals surface area contributed by atoms with Gasteiger partial charge in [-0.25, -0.2) is 13.6 Å². The molecule has 1 N–H and O–H groups in total. The average molecular weight is 423 g/mol. The number of carbonyl (C=O) groups excluding carboxylic acids is 1. The van der Waals surface area contributed by atoms with Gasteiger partial charge in [-0.1, -0.05) is 5.92 Å². The Hall–Kier alpha value is -2.41. The topological polar surface area (TPSA) is 104 Å². The summed E-state index contributed by atoms with van der Waals surface area (Å²) in [6.07, 6.45) is 0. The molecule has 0 atom stereocenters. The summed E-state index contributed by atoms with van der Waals surface area (Å²) < 4.78 is 89.6. The van der Waals surface area contributed by atoms with E-state index in [1.54, 1.807) is 6.07 Å². The Balaban J connectivity index is 0.00000392. The number of esters is 1. The van der Waals surface area contributed by atoms with E-state index in [0.717, 1.165) is 12.1 Å². The molecule has 0 spiro atoms. The van der Waals surface area contributed by atoms with Crippen molar-refractivity contribution in [2.75, 3.05) is 0 Å². The molecular formula is C16H6F4NNaO5S. The van der Waals surface area contributed by atoms with Gasteiger partial charge < -0.3 is 4.74 Å². The van der Waals surface area contributed by atoms with E-state index < -0.39 is 50.0 Å². The van der Waals surface area contributed by atoms with E-state index in [9.17, 15) is 30.8 Å².